The van der Waals surface area contributed by atoms with Crippen molar-refractivity contribution in [3.63, 3.8) is 0 Å². The van der Waals surface area contributed by atoms with Gasteiger partial charge in [-0.1, -0.05) is 30.3 Å². The molecule has 2 aromatic heterocycles. The molecule has 212 valence electrons. The number of esters is 2. The zero-order valence-corrected chi connectivity index (χ0v) is 24.9. The Morgan fingerprint density at radius 3 is 2.29 bits per heavy atom. The largest absolute Gasteiger partial charge is 0.469 e. The highest BCUT2D eigenvalue weighted by molar-refractivity contribution is 7.15. The van der Waals surface area contributed by atoms with Crippen LogP contribution in [0.5, 0.6) is 0 Å². The molecule has 1 aliphatic heterocycles. The molecule has 0 saturated heterocycles. The Hall–Kier alpha value is -4.18. The van der Waals surface area contributed by atoms with Crippen LogP contribution in [-0.2, 0) is 14.3 Å². The number of rotatable bonds is 5. The fourth-order valence-electron chi connectivity index (χ4n) is 4.78. The fraction of sp³-hybridized carbons (Fsp3) is 0.323. The minimum absolute atomic E-state index is 0.0203. The maximum atomic E-state index is 14.9. The van der Waals surface area contributed by atoms with E-state index in [0.29, 0.717) is 17.2 Å². The van der Waals surface area contributed by atoms with Gasteiger partial charge in [-0.15, -0.1) is 21.5 Å². The van der Waals surface area contributed by atoms with Gasteiger partial charge in [0.25, 0.3) is 0 Å². The number of carbonyl (C=O) groups excluding carboxylic acids is 2. The number of aryl methyl sites for hydroxylation is 2. The number of ether oxygens (including phenoxy) is 2. The first-order valence-corrected chi connectivity index (χ1v) is 14.0. The van der Waals surface area contributed by atoms with Gasteiger partial charge < -0.3 is 9.47 Å². The van der Waals surface area contributed by atoms with Gasteiger partial charge in [-0.05, 0) is 70.4 Å². The van der Waals surface area contributed by atoms with Crippen LogP contribution in [0.25, 0.3) is 16.1 Å². The van der Waals surface area contributed by atoms with E-state index in [9.17, 15) is 14.0 Å². The van der Waals surface area contributed by atoms with Gasteiger partial charge in [-0.25, -0.2) is 9.18 Å². The van der Waals surface area contributed by atoms with Crippen molar-refractivity contribution in [2.75, 3.05) is 7.11 Å². The number of hydrogen-bond donors (Lipinski definition) is 0. The number of nitrogens with zero attached hydrogens (tertiary/aromatic N) is 4. The number of thiophene rings is 1. The summed E-state index contributed by atoms with van der Waals surface area (Å²) in [6, 6.07) is 11.5. The molecule has 0 aliphatic carbocycles. The minimum atomic E-state index is -0.721. The molecule has 0 amide bonds. The lowest BCUT2D eigenvalue weighted by atomic mass is 9.96. The second-order valence-corrected chi connectivity index (χ2v) is 12.2. The summed E-state index contributed by atoms with van der Waals surface area (Å²) in [6.45, 7) is 11.2. The molecule has 0 saturated carbocycles. The number of aliphatic imine (C=N–C) groups is 1. The maximum absolute atomic E-state index is 14.9. The van der Waals surface area contributed by atoms with Gasteiger partial charge in [-0.2, -0.15) is 0 Å². The number of benzene rings is 2. The number of carbonyl (C=O) groups is 2. The molecule has 10 heteroatoms. The van der Waals surface area contributed by atoms with E-state index in [2.05, 4.69) is 24.0 Å². The molecular weight excluding hydrogens is 543 g/mol. The maximum Gasteiger partial charge on any atom is 0.341 e. The molecular formula is C31H31FN4O4S. The molecule has 0 spiro atoms. The van der Waals surface area contributed by atoms with Gasteiger partial charge in [0.2, 0.25) is 0 Å². The van der Waals surface area contributed by atoms with Crippen molar-refractivity contribution in [2.45, 2.75) is 59.6 Å². The van der Waals surface area contributed by atoms with Gasteiger partial charge in [0.1, 0.15) is 28.3 Å². The van der Waals surface area contributed by atoms with Crippen LogP contribution in [0.15, 0.2) is 47.5 Å². The third-order valence-electron chi connectivity index (χ3n) is 6.91. The van der Waals surface area contributed by atoms with Crippen molar-refractivity contribution in [3.8, 4) is 16.1 Å². The summed E-state index contributed by atoms with van der Waals surface area (Å²) in [7, 11) is 1.35. The average molecular weight is 575 g/mol. The van der Waals surface area contributed by atoms with E-state index in [1.165, 1.54) is 19.2 Å². The van der Waals surface area contributed by atoms with Crippen LogP contribution < -0.4 is 0 Å². The normalized spacial score (nSPS) is 14.5. The second-order valence-electron chi connectivity index (χ2n) is 11.0. The third kappa shape index (κ3) is 5.44. The Bertz CT molecular complexity index is 1700. The minimum Gasteiger partial charge on any atom is -0.469 e. The lowest BCUT2D eigenvalue weighted by Gasteiger charge is -2.19. The summed E-state index contributed by atoms with van der Waals surface area (Å²) in [5, 5.41) is 9.62. The topological polar surface area (TPSA) is 95.7 Å². The predicted molar refractivity (Wildman–Crippen MR) is 155 cm³/mol. The molecule has 4 aromatic rings. The molecule has 0 fully saturated rings. The number of methoxy groups -OCH3 is 1. The van der Waals surface area contributed by atoms with Gasteiger partial charge in [-0.3, -0.25) is 14.4 Å². The van der Waals surface area contributed by atoms with E-state index in [1.54, 1.807) is 38.2 Å². The summed E-state index contributed by atoms with van der Waals surface area (Å²) >= 11 is 1.63. The Morgan fingerprint density at radius 1 is 1.00 bits per heavy atom. The third-order valence-corrected chi connectivity index (χ3v) is 8.10. The number of fused-ring (bicyclic) bond motifs is 3. The average Bonchev–Trinajstić information content (AvgIpc) is 3.39. The Balaban J connectivity index is 1.55. The summed E-state index contributed by atoms with van der Waals surface area (Å²) in [5.41, 5.74) is 4.19. The van der Waals surface area contributed by atoms with Crippen LogP contribution in [-0.4, -0.2) is 45.1 Å². The van der Waals surface area contributed by atoms with Crippen LogP contribution in [0.4, 0.5) is 4.39 Å². The summed E-state index contributed by atoms with van der Waals surface area (Å²) in [5.74, 6) is -0.446. The Kier molecular flexibility index (Phi) is 7.37. The van der Waals surface area contributed by atoms with Crippen molar-refractivity contribution < 1.29 is 23.5 Å². The van der Waals surface area contributed by atoms with E-state index >= 15 is 0 Å². The van der Waals surface area contributed by atoms with E-state index in [1.807, 2.05) is 35.8 Å². The van der Waals surface area contributed by atoms with Gasteiger partial charge in [0, 0.05) is 16.0 Å². The molecule has 5 rings (SSSR count). The highest BCUT2D eigenvalue weighted by atomic mass is 32.1. The lowest BCUT2D eigenvalue weighted by molar-refractivity contribution is -0.141. The van der Waals surface area contributed by atoms with Crippen molar-refractivity contribution >= 4 is 29.0 Å². The molecule has 0 radical (unpaired) electrons. The molecule has 1 atom stereocenters. The van der Waals surface area contributed by atoms with Crippen molar-refractivity contribution in [3.05, 3.63) is 87.1 Å². The molecule has 0 unspecified atom stereocenters. The Morgan fingerprint density at radius 2 is 1.66 bits per heavy atom. The van der Waals surface area contributed by atoms with E-state index in [-0.39, 0.29) is 12.0 Å². The molecule has 2 aromatic carbocycles. The van der Waals surface area contributed by atoms with E-state index < -0.39 is 29.4 Å². The number of hydrogen-bond acceptors (Lipinski definition) is 8. The zero-order valence-electron chi connectivity index (χ0n) is 24.0. The first-order chi connectivity index (χ1) is 19.4. The van der Waals surface area contributed by atoms with Crippen LogP contribution in [0.1, 0.15) is 76.8 Å². The van der Waals surface area contributed by atoms with Crippen molar-refractivity contribution in [1.82, 2.24) is 14.8 Å². The van der Waals surface area contributed by atoms with Crippen molar-refractivity contribution in [2.24, 2.45) is 4.99 Å². The quantitative estimate of drug-likeness (QED) is 0.254. The molecule has 0 N–H and O–H groups in total. The summed E-state index contributed by atoms with van der Waals surface area (Å²) in [6.07, 6.45) is 0.0203. The van der Waals surface area contributed by atoms with Gasteiger partial charge >= 0.3 is 11.9 Å². The summed E-state index contributed by atoms with van der Waals surface area (Å²) in [4.78, 5) is 30.9. The number of aromatic nitrogens is 3. The number of halogens is 1. The fourth-order valence-corrected chi connectivity index (χ4v) is 5.99. The molecule has 41 heavy (non-hydrogen) atoms. The highest BCUT2D eigenvalue weighted by Gasteiger charge is 2.32. The highest BCUT2D eigenvalue weighted by Crippen LogP contribution is 2.39. The van der Waals surface area contributed by atoms with Crippen molar-refractivity contribution in [1.29, 1.82) is 0 Å². The first kappa shape index (κ1) is 28.4. The lowest BCUT2D eigenvalue weighted by Crippen LogP contribution is -2.24. The smallest absolute Gasteiger partial charge is 0.341 e. The monoisotopic (exact) mass is 574 g/mol. The molecule has 3 heterocycles. The zero-order chi connectivity index (χ0) is 29.6. The van der Waals surface area contributed by atoms with Gasteiger partial charge in [0.05, 0.1) is 24.8 Å². The molecule has 1 aliphatic rings. The predicted octanol–water partition coefficient (Wildman–Crippen LogP) is 6.47. The van der Waals surface area contributed by atoms with Crippen LogP contribution in [0.3, 0.4) is 0 Å². The van der Waals surface area contributed by atoms with E-state index in [4.69, 9.17) is 14.5 Å². The van der Waals surface area contributed by atoms with E-state index in [0.717, 1.165) is 37.8 Å². The standard InChI is InChI=1S/C31H31FN4O4S/c1-16-17(2)41-29-26(16)27(33-24(15-25(37)39-7)28-35-34-18(3)36(28)29)20-10-8-19(9-11-20)21-12-13-22(23(32)14-21)30(38)40-31(4,5)6/h8-14,24H,15H2,1-7H3/t24-/m0/s1. The van der Waals surface area contributed by atoms with Crippen LogP contribution >= 0.6 is 11.3 Å². The molecule has 0 bridgehead atoms. The van der Waals surface area contributed by atoms with Gasteiger partial charge in [0.15, 0.2) is 5.82 Å². The van der Waals surface area contributed by atoms with Crippen LogP contribution in [0.2, 0.25) is 0 Å². The second kappa shape index (κ2) is 10.7. The SMILES string of the molecule is COC(=O)C[C@@H]1N=C(c2ccc(-c3ccc(C(=O)OC(C)(C)C)c(F)c3)cc2)c2c(sc(C)c2C)-n2c(C)nnc21. The Labute approximate surface area is 241 Å². The molecule has 8 nitrogen and oxygen atoms in total. The van der Waals surface area contributed by atoms with Crippen LogP contribution in [0, 0.1) is 26.6 Å². The summed E-state index contributed by atoms with van der Waals surface area (Å²) < 4.78 is 27.2. The first-order valence-electron chi connectivity index (χ1n) is 13.2.